The molecule has 4 N–H and O–H groups in total. The molecule has 12 heteroatoms. The molecule has 1 rings (SSSR count). The quantitative estimate of drug-likeness (QED) is 0.218. The Kier molecular flexibility index (Phi) is 18.0. The molecule has 0 spiro atoms. The number of halogens is 1. The van der Waals surface area contributed by atoms with Crippen LogP contribution in [-0.2, 0) is 25.3 Å². The van der Waals surface area contributed by atoms with Crippen LogP contribution >= 0.6 is 19.2 Å². The zero-order valence-corrected chi connectivity index (χ0v) is 18.7. The van der Waals surface area contributed by atoms with Gasteiger partial charge >= 0.3 is 64.9 Å². The SMILES string of the molecule is CCc1cccc(C)c1N(C(=O)CCl)C(C)COC.O=C(O)CNCP(=O)(O)O.[KH]. The number of rotatable bonds is 10. The zero-order chi connectivity index (χ0) is 22.6. The van der Waals surface area contributed by atoms with Crippen molar-refractivity contribution in [1.82, 2.24) is 5.32 Å². The Morgan fingerprint density at radius 3 is 2.37 bits per heavy atom. The average molecular weight is 493 g/mol. The second-order valence-corrected chi connectivity index (χ2v) is 8.19. The van der Waals surface area contributed by atoms with Gasteiger partial charge in [0.2, 0.25) is 5.91 Å². The number of carbonyl (C=O) groups is 2. The minimum atomic E-state index is -4.10. The number of hydrogen-bond acceptors (Lipinski definition) is 5. The van der Waals surface area contributed by atoms with Crippen molar-refractivity contribution in [3.63, 3.8) is 0 Å². The third kappa shape index (κ3) is 12.9. The van der Waals surface area contributed by atoms with E-state index in [9.17, 15) is 14.2 Å². The number of amides is 1. The molecule has 0 bridgehead atoms. The van der Waals surface area contributed by atoms with Crippen molar-refractivity contribution in [2.45, 2.75) is 33.2 Å². The number of carboxylic acid groups (broad SMARTS) is 1. The fourth-order valence-corrected chi connectivity index (χ4v) is 3.16. The molecule has 1 aromatic rings. The first-order chi connectivity index (χ1) is 13.5. The minimum absolute atomic E-state index is 0. The maximum absolute atomic E-state index is 12.2. The van der Waals surface area contributed by atoms with Crippen molar-refractivity contribution in [2.75, 3.05) is 37.3 Å². The van der Waals surface area contributed by atoms with Crippen molar-refractivity contribution in [3.8, 4) is 0 Å². The standard InChI is InChI=1S/C15H22ClNO2.C3H8NO5P.K.H/c1-5-13-8-6-7-11(2)15(13)17(14(18)9-16)12(3)10-19-4;5-3(6)1-4-2-10(7,8)9;;/h6-8,12H,5,9-10H2,1-4H3;4H,1-2H2,(H,5,6)(H2,7,8,9);;. The van der Waals surface area contributed by atoms with Crippen LogP contribution in [-0.4, -0.2) is 117 Å². The Labute approximate surface area is 225 Å². The monoisotopic (exact) mass is 492 g/mol. The topological polar surface area (TPSA) is 136 Å². The molecule has 168 valence electrons. The third-order valence-electron chi connectivity index (χ3n) is 3.77. The summed E-state index contributed by atoms with van der Waals surface area (Å²) in [7, 11) is -2.46. The number of nitrogens with zero attached hydrogens (tertiary/aromatic N) is 1. The van der Waals surface area contributed by atoms with E-state index in [2.05, 4.69) is 18.3 Å². The molecule has 0 aromatic heterocycles. The second-order valence-electron chi connectivity index (χ2n) is 6.28. The van der Waals surface area contributed by atoms with Crippen molar-refractivity contribution < 1.29 is 33.8 Å². The van der Waals surface area contributed by atoms with E-state index in [4.69, 9.17) is 31.2 Å². The van der Waals surface area contributed by atoms with Gasteiger partial charge in [0.1, 0.15) is 5.88 Å². The molecule has 0 saturated heterocycles. The zero-order valence-electron chi connectivity index (χ0n) is 17.1. The van der Waals surface area contributed by atoms with E-state index in [-0.39, 0.29) is 69.2 Å². The van der Waals surface area contributed by atoms with Crippen LogP contribution in [0.2, 0.25) is 0 Å². The number of aliphatic carboxylic acids is 1. The van der Waals surface area contributed by atoms with E-state index in [0.717, 1.165) is 23.2 Å². The number of aryl methyl sites for hydroxylation is 2. The van der Waals surface area contributed by atoms with Crippen LogP contribution in [0.4, 0.5) is 5.69 Å². The van der Waals surface area contributed by atoms with E-state index < -0.39 is 26.4 Å². The van der Waals surface area contributed by atoms with Crippen LogP contribution in [0.25, 0.3) is 0 Å². The summed E-state index contributed by atoms with van der Waals surface area (Å²) in [6, 6.07) is 6.05. The number of anilines is 1. The second kappa shape index (κ2) is 16.7. The molecule has 1 atom stereocenters. The molecular weight excluding hydrogens is 462 g/mol. The third-order valence-corrected chi connectivity index (χ3v) is 4.63. The van der Waals surface area contributed by atoms with Crippen molar-refractivity contribution in [1.29, 1.82) is 0 Å². The van der Waals surface area contributed by atoms with Crippen molar-refractivity contribution in [3.05, 3.63) is 29.3 Å². The normalized spacial score (nSPS) is 11.6. The molecule has 0 heterocycles. The van der Waals surface area contributed by atoms with E-state index in [1.165, 1.54) is 0 Å². The predicted octanol–water partition coefficient (Wildman–Crippen LogP) is 1.31. The Morgan fingerprint density at radius 1 is 1.33 bits per heavy atom. The summed E-state index contributed by atoms with van der Waals surface area (Å²) >= 11 is 5.76. The van der Waals surface area contributed by atoms with Crippen LogP contribution < -0.4 is 10.2 Å². The molecule has 9 nitrogen and oxygen atoms in total. The Bertz CT molecular complexity index is 718. The van der Waals surface area contributed by atoms with E-state index >= 15 is 0 Å². The summed E-state index contributed by atoms with van der Waals surface area (Å²) in [5.74, 6) is -1.25. The van der Waals surface area contributed by atoms with E-state index in [0.29, 0.717) is 6.61 Å². The molecule has 0 fully saturated rings. The van der Waals surface area contributed by atoms with Gasteiger partial charge in [0.15, 0.2) is 0 Å². The van der Waals surface area contributed by atoms with Gasteiger partial charge in [-0.2, -0.15) is 0 Å². The first-order valence-electron chi connectivity index (χ1n) is 8.90. The Balaban J connectivity index is 0. The number of para-hydroxylation sites is 1. The molecule has 30 heavy (non-hydrogen) atoms. The first-order valence-corrected chi connectivity index (χ1v) is 11.2. The fourth-order valence-electron chi connectivity index (χ4n) is 2.63. The predicted molar refractivity (Wildman–Crippen MR) is 120 cm³/mol. The van der Waals surface area contributed by atoms with Gasteiger partial charge in [0, 0.05) is 7.11 Å². The summed E-state index contributed by atoms with van der Waals surface area (Å²) in [4.78, 5) is 40.1. The van der Waals surface area contributed by atoms with Gasteiger partial charge in [-0.15, -0.1) is 11.6 Å². The van der Waals surface area contributed by atoms with Crippen LogP contribution in [0.5, 0.6) is 0 Å². The molecule has 1 amide bonds. The van der Waals surface area contributed by atoms with Crippen LogP contribution in [0, 0.1) is 6.92 Å². The van der Waals surface area contributed by atoms with Gasteiger partial charge < -0.3 is 24.5 Å². The van der Waals surface area contributed by atoms with Gasteiger partial charge in [-0.3, -0.25) is 19.5 Å². The molecule has 0 aliphatic rings. The number of nitrogens with one attached hydrogen (secondary N) is 1. The summed E-state index contributed by atoms with van der Waals surface area (Å²) < 4.78 is 15.2. The van der Waals surface area contributed by atoms with Gasteiger partial charge in [-0.05, 0) is 31.4 Å². The van der Waals surface area contributed by atoms with Gasteiger partial charge in [-0.1, -0.05) is 25.1 Å². The molecule has 0 aliphatic heterocycles. The summed E-state index contributed by atoms with van der Waals surface area (Å²) in [6.45, 7) is 6.12. The maximum atomic E-state index is 12.2. The van der Waals surface area contributed by atoms with Crippen molar-refractivity contribution >= 4 is 88.1 Å². The number of carbonyl (C=O) groups excluding carboxylic acids is 1. The first kappa shape index (κ1) is 32.3. The number of benzene rings is 1. The number of hydrogen-bond donors (Lipinski definition) is 4. The van der Waals surface area contributed by atoms with Crippen LogP contribution in [0.15, 0.2) is 18.2 Å². The number of alkyl halides is 1. The molecular formula is C18H31ClKN2O7P. The van der Waals surface area contributed by atoms with Gasteiger partial charge in [0.25, 0.3) is 0 Å². The number of carboxylic acids is 1. The molecule has 0 radical (unpaired) electrons. The van der Waals surface area contributed by atoms with Crippen LogP contribution in [0.3, 0.4) is 0 Å². The fraction of sp³-hybridized carbons (Fsp3) is 0.556. The molecule has 0 aliphatic carbocycles. The van der Waals surface area contributed by atoms with Gasteiger partial charge in [-0.25, -0.2) is 0 Å². The summed E-state index contributed by atoms with van der Waals surface area (Å²) in [5.41, 5.74) is 3.21. The number of ether oxygens (including phenoxy) is 1. The Hall–Kier alpha value is 0.156. The molecule has 1 unspecified atom stereocenters. The molecule has 0 saturated carbocycles. The Morgan fingerprint density at radius 2 is 1.93 bits per heavy atom. The van der Waals surface area contributed by atoms with E-state index in [1.54, 1.807) is 12.0 Å². The van der Waals surface area contributed by atoms with Gasteiger partial charge in [0.05, 0.1) is 31.2 Å². The van der Waals surface area contributed by atoms with E-state index in [1.807, 2.05) is 26.0 Å². The summed E-state index contributed by atoms with van der Waals surface area (Å²) in [5, 5.41) is 10.1. The van der Waals surface area contributed by atoms with Crippen LogP contribution in [0.1, 0.15) is 25.0 Å². The molecule has 1 aromatic carbocycles. The average Bonchev–Trinajstić information content (AvgIpc) is 2.62. The van der Waals surface area contributed by atoms with Crippen molar-refractivity contribution in [2.24, 2.45) is 0 Å². The number of methoxy groups -OCH3 is 1. The summed E-state index contributed by atoms with van der Waals surface area (Å²) in [6.07, 6.45) is 0.280.